The maximum Gasteiger partial charge on any atom is 0.335 e. The van der Waals surface area contributed by atoms with E-state index in [0.29, 0.717) is 19.3 Å². The van der Waals surface area contributed by atoms with E-state index in [0.717, 1.165) is 103 Å². The molecular formula is C61H96O12. The fourth-order valence-electron chi connectivity index (χ4n) is 7.62. The molecule has 12 heteroatoms. The van der Waals surface area contributed by atoms with Gasteiger partial charge in [-0.25, -0.2) is 4.79 Å². The Morgan fingerprint density at radius 1 is 0.479 bits per heavy atom. The molecular weight excluding hydrogens is 925 g/mol. The largest absolute Gasteiger partial charge is 0.479 e. The van der Waals surface area contributed by atoms with Gasteiger partial charge in [-0.2, -0.15) is 0 Å². The number of allylic oxidation sites excluding steroid dienone is 17. The summed E-state index contributed by atoms with van der Waals surface area (Å²) in [5, 5.41) is 31.4. The highest BCUT2D eigenvalue weighted by atomic mass is 16.7. The van der Waals surface area contributed by atoms with Crippen LogP contribution in [-0.4, -0.2) is 89.2 Å². The van der Waals surface area contributed by atoms with Crippen molar-refractivity contribution in [3.8, 4) is 0 Å². The number of hydrogen-bond acceptors (Lipinski definition) is 11. The molecule has 1 aliphatic heterocycles. The molecule has 0 spiro atoms. The summed E-state index contributed by atoms with van der Waals surface area (Å²) >= 11 is 0. The van der Waals surface area contributed by atoms with Gasteiger partial charge >= 0.3 is 23.9 Å². The molecule has 0 aromatic heterocycles. The maximum atomic E-state index is 13.1. The van der Waals surface area contributed by atoms with Gasteiger partial charge in [-0.15, -0.1) is 0 Å². The van der Waals surface area contributed by atoms with Gasteiger partial charge in [-0.3, -0.25) is 14.4 Å². The van der Waals surface area contributed by atoms with Gasteiger partial charge < -0.3 is 39.0 Å². The van der Waals surface area contributed by atoms with Gasteiger partial charge in [0.15, 0.2) is 24.6 Å². The Hall–Kier alpha value is -4.62. The third kappa shape index (κ3) is 38.6. The van der Waals surface area contributed by atoms with Gasteiger partial charge in [0.05, 0.1) is 13.0 Å². The summed E-state index contributed by atoms with van der Waals surface area (Å²) in [5.41, 5.74) is 0. The van der Waals surface area contributed by atoms with Crippen LogP contribution >= 0.6 is 0 Å². The minimum absolute atomic E-state index is 0.0269. The van der Waals surface area contributed by atoms with Gasteiger partial charge in [0.2, 0.25) is 0 Å². The van der Waals surface area contributed by atoms with E-state index < -0.39 is 67.3 Å². The number of carbonyl (C=O) groups excluding carboxylic acids is 3. The van der Waals surface area contributed by atoms with E-state index in [1.165, 1.54) is 38.5 Å². The molecule has 1 fully saturated rings. The Kier molecular flexibility index (Phi) is 44.0. The zero-order chi connectivity index (χ0) is 53.3. The van der Waals surface area contributed by atoms with Crippen LogP contribution in [0.25, 0.3) is 0 Å². The fraction of sp³-hybridized carbons (Fsp3) is 0.639. The quantitative estimate of drug-likeness (QED) is 0.0228. The molecule has 0 aliphatic carbocycles. The van der Waals surface area contributed by atoms with Crippen LogP contribution in [-0.2, 0) is 42.9 Å². The molecule has 0 bridgehead atoms. The molecule has 412 valence electrons. The number of carbonyl (C=O) groups is 4. The summed E-state index contributed by atoms with van der Waals surface area (Å²) < 4.78 is 28.2. The normalized spacial score (nSPS) is 19.2. The molecule has 0 radical (unpaired) electrons. The summed E-state index contributed by atoms with van der Waals surface area (Å²) in [4.78, 5) is 50.9. The monoisotopic (exact) mass is 1020 g/mol. The molecule has 0 amide bonds. The van der Waals surface area contributed by atoms with E-state index in [2.05, 4.69) is 112 Å². The minimum atomic E-state index is -1.93. The van der Waals surface area contributed by atoms with Gasteiger partial charge in [0.25, 0.3) is 0 Å². The number of carboxylic acids is 1. The first kappa shape index (κ1) is 66.4. The summed E-state index contributed by atoms with van der Waals surface area (Å²) in [5.74, 6) is -3.35. The number of unbranched alkanes of at least 4 members (excludes halogenated alkanes) is 14. The first-order valence-corrected chi connectivity index (χ1v) is 27.9. The van der Waals surface area contributed by atoms with Crippen LogP contribution in [0.4, 0.5) is 0 Å². The first-order valence-electron chi connectivity index (χ1n) is 27.9. The molecule has 3 N–H and O–H groups in total. The van der Waals surface area contributed by atoms with Crippen LogP contribution in [0.1, 0.15) is 201 Å². The summed E-state index contributed by atoms with van der Waals surface area (Å²) in [7, 11) is 0. The maximum absolute atomic E-state index is 13.1. The third-order valence-corrected chi connectivity index (χ3v) is 11.8. The molecule has 1 heterocycles. The standard InChI is InChI=1S/C61H96O12/c1-4-7-10-13-16-19-22-25-27-30-32-35-38-41-44-47-53(62)69-50-52(71-54(63)48-45-42-39-36-33-29-24-21-18-15-12-9-6-3)51-70-61-59(57(66)56(65)58(73-61)60(67)68)72-55(64)49-46-43-40-37-34-31-28-26-23-20-17-14-11-8-5-2/h7,9-10,12,16,18-19,21,25-29,32-33,35,41,44,52,56-59,61,65-66H,4-6,8,11,13-15,17,20,22-24,30-31,34,36-40,42-43,45-51H2,1-3H3,(H,67,68)/b10-7-,12-9-,19-16-,21-18-,27-25-,28-26-,33-29-,35-32-,44-41-. The molecule has 0 aromatic rings. The molecule has 0 saturated carbocycles. The zero-order valence-corrected chi connectivity index (χ0v) is 45.1. The lowest BCUT2D eigenvalue weighted by molar-refractivity contribution is -0.301. The van der Waals surface area contributed by atoms with E-state index in [4.69, 9.17) is 23.7 Å². The Bertz CT molecular complexity index is 1690. The van der Waals surface area contributed by atoms with E-state index in [-0.39, 0.29) is 25.9 Å². The number of carboxylic acid groups (broad SMARTS) is 1. The van der Waals surface area contributed by atoms with Crippen molar-refractivity contribution in [1.29, 1.82) is 0 Å². The average Bonchev–Trinajstić information content (AvgIpc) is 3.37. The number of rotatable bonds is 45. The highest BCUT2D eigenvalue weighted by Crippen LogP contribution is 2.26. The number of esters is 3. The second-order valence-corrected chi connectivity index (χ2v) is 18.5. The summed E-state index contributed by atoms with van der Waals surface area (Å²) in [6.07, 6.45) is 52.4. The Balaban J connectivity index is 2.79. The molecule has 73 heavy (non-hydrogen) atoms. The lowest BCUT2D eigenvalue weighted by Crippen LogP contribution is -2.61. The van der Waals surface area contributed by atoms with Crippen molar-refractivity contribution in [2.75, 3.05) is 13.2 Å². The Labute approximate surface area is 440 Å². The molecule has 1 saturated heterocycles. The van der Waals surface area contributed by atoms with Crippen LogP contribution in [0, 0.1) is 0 Å². The Morgan fingerprint density at radius 2 is 0.904 bits per heavy atom. The highest BCUT2D eigenvalue weighted by Gasteiger charge is 2.50. The topological polar surface area (TPSA) is 175 Å². The van der Waals surface area contributed by atoms with Gasteiger partial charge in [0, 0.05) is 12.8 Å². The summed E-state index contributed by atoms with van der Waals surface area (Å²) in [6, 6.07) is 0. The van der Waals surface area contributed by atoms with Crippen molar-refractivity contribution in [3.05, 3.63) is 109 Å². The lowest BCUT2D eigenvalue weighted by Gasteiger charge is -2.40. The Morgan fingerprint density at radius 3 is 1.41 bits per heavy atom. The molecule has 6 unspecified atom stereocenters. The van der Waals surface area contributed by atoms with Crippen molar-refractivity contribution in [3.63, 3.8) is 0 Å². The number of aliphatic hydroxyl groups excluding tert-OH is 2. The minimum Gasteiger partial charge on any atom is -0.479 e. The summed E-state index contributed by atoms with van der Waals surface area (Å²) in [6.45, 7) is 5.61. The van der Waals surface area contributed by atoms with E-state index in [1.807, 2.05) is 12.2 Å². The van der Waals surface area contributed by atoms with Crippen LogP contribution in [0.3, 0.4) is 0 Å². The third-order valence-electron chi connectivity index (χ3n) is 11.8. The van der Waals surface area contributed by atoms with E-state index in [9.17, 15) is 34.5 Å². The van der Waals surface area contributed by atoms with Crippen LogP contribution in [0.5, 0.6) is 0 Å². The first-order chi connectivity index (χ1) is 35.6. The van der Waals surface area contributed by atoms with Crippen molar-refractivity contribution in [2.45, 2.75) is 237 Å². The number of aliphatic carboxylic acids is 1. The smallest absolute Gasteiger partial charge is 0.335 e. The predicted molar refractivity (Wildman–Crippen MR) is 294 cm³/mol. The average molecular weight is 1020 g/mol. The van der Waals surface area contributed by atoms with Crippen molar-refractivity contribution in [1.82, 2.24) is 0 Å². The van der Waals surface area contributed by atoms with Crippen LogP contribution < -0.4 is 0 Å². The number of ether oxygens (including phenoxy) is 5. The number of aliphatic hydroxyl groups is 2. The van der Waals surface area contributed by atoms with Crippen LogP contribution in [0.15, 0.2) is 109 Å². The highest BCUT2D eigenvalue weighted by molar-refractivity contribution is 5.74. The van der Waals surface area contributed by atoms with E-state index in [1.54, 1.807) is 6.08 Å². The van der Waals surface area contributed by atoms with E-state index >= 15 is 0 Å². The second kappa shape index (κ2) is 48.3. The van der Waals surface area contributed by atoms with Gasteiger partial charge in [0.1, 0.15) is 18.8 Å². The zero-order valence-electron chi connectivity index (χ0n) is 45.1. The number of hydrogen-bond donors (Lipinski definition) is 3. The van der Waals surface area contributed by atoms with Gasteiger partial charge in [-0.05, 0) is 103 Å². The van der Waals surface area contributed by atoms with Crippen molar-refractivity contribution in [2.24, 2.45) is 0 Å². The SMILES string of the molecule is CC/C=C\C/C=C\C/C=C\C/C=C\C/C=C\CC(=O)OCC(COC1OC(C(=O)O)C(O)C(O)C1OC(=O)CCCCCCC/C=C\CCCCCCCC)OC(=O)CCCCC/C=C\C/C=C\C/C=C\CC. The molecule has 6 atom stereocenters. The van der Waals surface area contributed by atoms with Crippen molar-refractivity contribution >= 4 is 23.9 Å². The molecule has 12 nitrogen and oxygen atoms in total. The molecule has 1 aliphatic rings. The second-order valence-electron chi connectivity index (χ2n) is 18.5. The molecule has 1 rings (SSSR count). The molecule has 0 aromatic carbocycles. The van der Waals surface area contributed by atoms with Crippen molar-refractivity contribution < 1.29 is 58.2 Å². The van der Waals surface area contributed by atoms with Crippen LogP contribution in [0.2, 0.25) is 0 Å². The fourth-order valence-corrected chi connectivity index (χ4v) is 7.62. The van der Waals surface area contributed by atoms with Gasteiger partial charge in [-0.1, -0.05) is 188 Å². The lowest BCUT2D eigenvalue weighted by atomic mass is 9.98. The predicted octanol–water partition coefficient (Wildman–Crippen LogP) is 13.9.